The van der Waals surface area contributed by atoms with Crippen LogP contribution in [0.5, 0.6) is 5.75 Å². The normalized spacial score (nSPS) is 22.2. The molecule has 0 aromatic heterocycles. The molecule has 150 valence electrons. The first kappa shape index (κ1) is 20.6. The number of aliphatic hydroxyl groups is 1. The van der Waals surface area contributed by atoms with Gasteiger partial charge in [0.2, 0.25) is 0 Å². The summed E-state index contributed by atoms with van der Waals surface area (Å²) in [6, 6.07) is 16.3. The number of ether oxygens (including phenoxy) is 1. The predicted molar refractivity (Wildman–Crippen MR) is 112 cm³/mol. The molecular weight excluding hydrogens is 350 g/mol. The van der Waals surface area contributed by atoms with Crippen LogP contribution in [0, 0.1) is 5.92 Å². The molecule has 28 heavy (non-hydrogen) atoms. The first-order valence-electron chi connectivity index (χ1n) is 10.0. The van der Waals surface area contributed by atoms with Gasteiger partial charge in [-0.05, 0) is 74.8 Å². The quantitative estimate of drug-likeness (QED) is 0.597. The van der Waals surface area contributed by atoms with Crippen LogP contribution in [0.25, 0.3) is 11.1 Å². The molecule has 0 aliphatic heterocycles. The molecule has 2 N–H and O–H groups in total. The third-order valence-electron chi connectivity index (χ3n) is 5.17. The van der Waals surface area contributed by atoms with E-state index in [-0.39, 0.29) is 23.7 Å². The molecule has 3 rings (SSSR count). The standard InChI is InChI=1S/C24H31NO3/c1-16(26)28-21-11-9-20(10-12-21)19-7-5-17(6-8-19)13-18-14-22(23(27)15-18)25-24(2,3)4/h5-12,18,22-23,25,27H,13-15H2,1-4H3/t18-,22-,23-/m1/s1. The Morgan fingerprint density at radius 3 is 2.14 bits per heavy atom. The molecule has 0 spiro atoms. The van der Waals surface area contributed by atoms with Crippen molar-refractivity contribution in [2.24, 2.45) is 5.92 Å². The summed E-state index contributed by atoms with van der Waals surface area (Å²) in [5.41, 5.74) is 3.55. The van der Waals surface area contributed by atoms with Gasteiger partial charge in [-0.2, -0.15) is 0 Å². The van der Waals surface area contributed by atoms with Gasteiger partial charge in [0.15, 0.2) is 0 Å². The Morgan fingerprint density at radius 1 is 1.04 bits per heavy atom. The topological polar surface area (TPSA) is 58.6 Å². The third-order valence-corrected chi connectivity index (χ3v) is 5.17. The van der Waals surface area contributed by atoms with Crippen molar-refractivity contribution in [3.63, 3.8) is 0 Å². The molecule has 1 fully saturated rings. The van der Waals surface area contributed by atoms with Crippen molar-refractivity contribution in [1.82, 2.24) is 5.32 Å². The zero-order valence-electron chi connectivity index (χ0n) is 17.2. The van der Waals surface area contributed by atoms with E-state index in [1.807, 2.05) is 24.3 Å². The Bertz CT molecular complexity index is 790. The van der Waals surface area contributed by atoms with Crippen molar-refractivity contribution < 1.29 is 14.6 Å². The third kappa shape index (κ3) is 5.66. The fourth-order valence-electron chi connectivity index (χ4n) is 4.04. The van der Waals surface area contributed by atoms with Crippen molar-refractivity contribution >= 4 is 5.97 Å². The summed E-state index contributed by atoms with van der Waals surface area (Å²) in [4.78, 5) is 11.0. The van der Waals surface area contributed by atoms with Crippen LogP contribution in [0.1, 0.15) is 46.1 Å². The highest BCUT2D eigenvalue weighted by atomic mass is 16.5. The number of esters is 1. The second-order valence-electron chi connectivity index (χ2n) is 8.92. The molecular formula is C24H31NO3. The number of rotatable bonds is 5. The van der Waals surface area contributed by atoms with E-state index in [1.54, 1.807) is 0 Å². The van der Waals surface area contributed by atoms with E-state index in [9.17, 15) is 9.90 Å². The minimum Gasteiger partial charge on any atom is -0.427 e. The van der Waals surface area contributed by atoms with Crippen LogP contribution in [0.15, 0.2) is 48.5 Å². The number of nitrogens with one attached hydrogen (secondary N) is 1. The fourth-order valence-corrected chi connectivity index (χ4v) is 4.04. The lowest BCUT2D eigenvalue weighted by atomic mass is 9.95. The van der Waals surface area contributed by atoms with Crippen molar-refractivity contribution in [3.8, 4) is 16.9 Å². The Hall–Kier alpha value is -2.17. The molecule has 1 saturated carbocycles. The van der Waals surface area contributed by atoms with E-state index < -0.39 is 0 Å². The zero-order chi connectivity index (χ0) is 20.3. The van der Waals surface area contributed by atoms with Gasteiger partial charge >= 0.3 is 5.97 Å². The number of hydrogen-bond donors (Lipinski definition) is 2. The first-order valence-corrected chi connectivity index (χ1v) is 10.0. The van der Waals surface area contributed by atoms with Crippen LogP contribution in [-0.4, -0.2) is 28.8 Å². The molecule has 0 radical (unpaired) electrons. The average molecular weight is 382 g/mol. The number of benzene rings is 2. The van der Waals surface area contributed by atoms with Crippen molar-refractivity contribution in [1.29, 1.82) is 0 Å². The van der Waals surface area contributed by atoms with Crippen molar-refractivity contribution in [2.45, 2.75) is 64.6 Å². The summed E-state index contributed by atoms with van der Waals surface area (Å²) in [6.07, 6.45) is 2.59. The summed E-state index contributed by atoms with van der Waals surface area (Å²) in [5, 5.41) is 13.9. The van der Waals surface area contributed by atoms with E-state index >= 15 is 0 Å². The number of carbonyl (C=O) groups is 1. The van der Waals surface area contributed by atoms with Crippen LogP contribution in [-0.2, 0) is 11.2 Å². The highest BCUT2D eigenvalue weighted by molar-refractivity contribution is 5.70. The van der Waals surface area contributed by atoms with Gasteiger partial charge in [-0.3, -0.25) is 4.79 Å². The number of hydrogen-bond acceptors (Lipinski definition) is 4. The van der Waals surface area contributed by atoms with E-state index in [0.29, 0.717) is 11.7 Å². The van der Waals surface area contributed by atoms with E-state index in [4.69, 9.17) is 4.74 Å². The monoisotopic (exact) mass is 381 g/mol. The van der Waals surface area contributed by atoms with Gasteiger partial charge in [0.05, 0.1) is 6.10 Å². The number of aliphatic hydroxyl groups excluding tert-OH is 1. The lowest BCUT2D eigenvalue weighted by molar-refractivity contribution is -0.131. The van der Waals surface area contributed by atoms with Crippen LogP contribution in [0.4, 0.5) is 0 Å². The fraction of sp³-hybridized carbons (Fsp3) is 0.458. The van der Waals surface area contributed by atoms with Crippen LogP contribution < -0.4 is 10.1 Å². The van der Waals surface area contributed by atoms with Gasteiger partial charge in [-0.25, -0.2) is 0 Å². The Morgan fingerprint density at radius 2 is 1.61 bits per heavy atom. The van der Waals surface area contributed by atoms with Gasteiger partial charge in [0.1, 0.15) is 5.75 Å². The van der Waals surface area contributed by atoms with Crippen molar-refractivity contribution in [2.75, 3.05) is 0 Å². The molecule has 1 aliphatic rings. The Labute approximate surface area is 167 Å². The lowest BCUT2D eigenvalue weighted by Gasteiger charge is -2.27. The van der Waals surface area contributed by atoms with Gasteiger partial charge in [0, 0.05) is 18.5 Å². The maximum atomic E-state index is 11.0. The minimum absolute atomic E-state index is 0.0210. The molecule has 2 aromatic rings. The van der Waals surface area contributed by atoms with Crippen LogP contribution >= 0.6 is 0 Å². The molecule has 0 bridgehead atoms. The lowest BCUT2D eigenvalue weighted by Crippen LogP contribution is -2.47. The minimum atomic E-state index is -0.311. The summed E-state index contributed by atoms with van der Waals surface area (Å²) in [6.45, 7) is 7.83. The van der Waals surface area contributed by atoms with Crippen LogP contribution in [0.2, 0.25) is 0 Å². The SMILES string of the molecule is CC(=O)Oc1ccc(-c2ccc(C[C@H]3C[C@@H](O)[C@H](NC(C)(C)C)C3)cc2)cc1. The Balaban J connectivity index is 1.60. The smallest absolute Gasteiger partial charge is 0.308 e. The van der Waals surface area contributed by atoms with Gasteiger partial charge in [0.25, 0.3) is 0 Å². The highest BCUT2D eigenvalue weighted by Gasteiger charge is 2.34. The zero-order valence-corrected chi connectivity index (χ0v) is 17.2. The summed E-state index contributed by atoms with van der Waals surface area (Å²) in [5.74, 6) is 0.754. The molecule has 0 heterocycles. The van der Waals surface area contributed by atoms with E-state index in [0.717, 1.165) is 30.4 Å². The summed E-state index contributed by atoms with van der Waals surface area (Å²) >= 11 is 0. The van der Waals surface area contributed by atoms with Gasteiger partial charge in [-0.15, -0.1) is 0 Å². The molecule has 0 saturated heterocycles. The van der Waals surface area contributed by atoms with Gasteiger partial charge < -0.3 is 15.2 Å². The summed E-state index contributed by atoms with van der Waals surface area (Å²) < 4.78 is 5.08. The van der Waals surface area contributed by atoms with E-state index in [1.165, 1.54) is 12.5 Å². The predicted octanol–water partition coefficient (Wildman–Crippen LogP) is 4.35. The molecule has 3 atom stereocenters. The highest BCUT2D eigenvalue weighted by Crippen LogP contribution is 2.31. The van der Waals surface area contributed by atoms with Gasteiger partial charge in [-0.1, -0.05) is 36.4 Å². The Kier molecular flexibility index (Phi) is 6.21. The molecule has 0 amide bonds. The largest absolute Gasteiger partial charge is 0.427 e. The second kappa shape index (κ2) is 8.46. The number of carbonyl (C=O) groups excluding carboxylic acids is 1. The molecule has 2 aromatic carbocycles. The van der Waals surface area contributed by atoms with Crippen LogP contribution in [0.3, 0.4) is 0 Å². The first-order chi connectivity index (χ1) is 13.2. The summed E-state index contributed by atoms with van der Waals surface area (Å²) in [7, 11) is 0. The van der Waals surface area contributed by atoms with E-state index in [2.05, 4.69) is 50.4 Å². The molecule has 4 heteroatoms. The second-order valence-corrected chi connectivity index (χ2v) is 8.92. The molecule has 1 aliphatic carbocycles. The molecule has 4 nitrogen and oxygen atoms in total. The maximum absolute atomic E-state index is 11.0. The average Bonchev–Trinajstić information content (AvgIpc) is 2.93. The maximum Gasteiger partial charge on any atom is 0.308 e. The van der Waals surface area contributed by atoms with Crippen molar-refractivity contribution in [3.05, 3.63) is 54.1 Å². The molecule has 0 unspecified atom stereocenters.